The molecular formula is C47H78N2O14. The van der Waals surface area contributed by atoms with Gasteiger partial charge in [-0.3, -0.25) is 19.3 Å². The van der Waals surface area contributed by atoms with Gasteiger partial charge in [0, 0.05) is 31.5 Å². The van der Waals surface area contributed by atoms with Gasteiger partial charge in [0.05, 0.1) is 68.1 Å². The van der Waals surface area contributed by atoms with Gasteiger partial charge in [0.1, 0.15) is 11.8 Å². The molecule has 1 aliphatic heterocycles. The molecule has 0 saturated carbocycles. The molecule has 0 unspecified atom stereocenters. The Balaban J connectivity index is 1.57. The van der Waals surface area contributed by atoms with E-state index in [1.54, 1.807) is 6.08 Å². The van der Waals surface area contributed by atoms with Crippen molar-refractivity contribution in [1.82, 2.24) is 10.2 Å². The Bertz CT molecular complexity index is 1500. The van der Waals surface area contributed by atoms with Crippen LogP contribution in [-0.4, -0.2) is 155 Å². The van der Waals surface area contributed by atoms with E-state index in [4.69, 9.17) is 4.74 Å². The first-order valence-corrected chi connectivity index (χ1v) is 22.7. The molecule has 0 spiro atoms. The van der Waals surface area contributed by atoms with E-state index in [9.17, 15) is 65.4 Å². The van der Waals surface area contributed by atoms with Crippen molar-refractivity contribution in [3.05, 3.63) is 59.4 Å². The molecule has 360 valence electrons. The third kappa shape index (κ3) is 24.0. The summed E-state index contributed by atoms with van der Waals surface area (Å²) in [6.07, 6.45) is -0.814. The maximum absolute atomic E-state index is 13.3. The van der Waals surface area contributed by atoms with Gasteiger partial charge >= 0.3 is 0 Å². The van der Waals surface area contributed by atoms with E-state index in [0.717, 1.165) is 56.1 Å². The lowest BCUT2D eigenvalue weighted by molar-refractivity contribution is -0.139. The number of hydrogen-bond donors (Lipinski definition) is 11. The number of ether oxygens (including phenoxy) is 1. The Kier molecular flexibility index (Phi) is 27.3. The average Bonchev–Trinajstić information content (AvgIpc) is 3.50. The van der Waals surface area contributed by atoms with Crippen LogP contribution in [0.5, 0.6) is 0 Å². The fourth-order valence-corrected chi connectivity index (χ4v) is 8.43. The normalized spacial score (nSPS) is 19.9. The van der Waals surface area contributed by atoms with E-state index < -0.39 is 67.1 Å². The van der Waals surface area contributed by atoms with E-state index in [0.29, 0.717) is 30.9 Å². The predicted octanol–water partition coefficient (Wildman–Crippen LogP) is 2.07. The molecule has 1 aliphatic rings. The fourth-order valence-electron chi connectivity index (χ4n) is 8.43. The average molecular weight is 895 g/mol. The molecule has 63 heavy (non-hydrogen) atoms. The fraction of sp³-hybridized carbons (Fsp3) is 0.723. The zero-order valence-corrected chi connectivity index (χ0v) is 37.5. The number of methoxy groups -OCH3 is 1. The van der Waals surface area contributed by atoms with Gasteiger partial charge in [-0.1, -0.05) is 81.4 Å². The molecule has 16 nitrogen and oxygen atoms in total. The maximum Gasteiger partial charge on any atom is 0.257 e. The van der Waals surface area contributed by atoms with Crippen molar-refractivity contribution in [3.8, 4) is 0 Å². The lowest BCUT2D eigenvalue weighted by atomic mass is 9.94. The van der Waals surface area contributed by atoms with Crippen molar-refractivity contribution in [1.29, 1.82) is 0 Å². The third-order valence-electron chi connectivity index (χ3n) is 11.5. The van der Waals surface area contributed by atoms with Crippen molar-refractivity contribution < 1.29 is 70.2 Å². The molecule has 16 heteroatoms. The molecule has 0 aromatic heterocycles. The first-order valence-electron chi connectivity index (χ1n) is 22.7. The third-order valence-corrected chi connectivity index (χ3v) is 11.5. The van der Waals surface area contributed by atoms with Crippen LogP contribution in [0.2, 0.25) is 0 Å². The first kappa shape index (κ1) is 55.8. The lowest BCUT2D eigenvalue weighted by Crippen LogP contribution is -2.41. The smallest absolute Gasteiger partial charge is 0.257 e. The highest BCUT2D eigenvalue weighted by atomic mass is 16.5. The summed E-state index contributed by atoms with van der Waals surface area (Å²) < 4.78 is 5.45. The zero-order valence-electron chi connectivity index (χ0n) is 37.5. The van der Waals surface area contributed by atoms with Crippen LogP contribution in [-0.2, 0) is 25.5 Å². The number of carbonyl (C=O) groups excluding carboxylic acids is 3. The van der Waals surface area contributed by atoms with Crippen molar-refractivity contribution in [2.24, 2.45) is 5.92 Å². The number of amides is 3. The van der Waals surface area contributed by atoms with Crippen LogP contribution in [0, 0.1) is 5.92 Å². The van der Waals surface area contributed by atoms with Gasteiger partial charge in [-0.25, -0.2) is 0 Å². The van der Waals surface area contributed by atoms with Gasteiger partial charge in [-0.15, -0.1) is 0 Å². The van der Waals surface area contributed by atoms with Crippen LogP contribution in [0.4, 0.5) is 0 Å². The topological polar surface area (TPSA) is 278 Å². The number of aliphatic hydroxyl groups excluding tert-OH is 10. The summed E-state index contributed by atoms with van der Waals surface area (Å²) in [6.45, 7) is 4.02. The standard InChI is InChI=1S/C47H78N2O14/c1-31(16-32(2)17-46(61)49-44(45(63-3)28-47(49)62)18-33-13-9-7-10-14-33)12-8-5-4-6-11-15-34(51)19-35(52)20-36(53)21-37(54)22-38(55)23-39(56)24-40(57)25-41(58)26-42(59)27-43(60)29-48-30-50/h7,9-10,13-14,17,28,30-31,34-44,51-60H,4-6,8,11-12,15-16,18-27,29H2,1-3H3,(H,48,50)/b32-17-/t31-,34+,35-,36-,37-,38-,39-,40-,41-,42-,43+,44+/m1/s1. The molecule has 0 fully saturated rings. The molecule has 12 atom stereocenters. The highest BCUT2D eigenvalue weighted by Gasteiger charge is 2.37. The van der Waals surface area contributed by atoms with Crippen LogP contribution in [0.3, 0.4) is 0 Å². The monoisotopic (exact) mass is 895 g/mol. The van der Waals surface area contributed by atoms with Crippen molar-refractivity contribution in [2.45, 2.75) is 197 Å². The van der Waals surface area contributed by atoms with Crippen LogP contribution in [0.15, 0.2) is 53.8 Å². The number of nitrogens with one attached hydrogen (secondary N) is 1. The largest absolute Gasteiger partial charge is 0.499 e. The van der Waals surface area contributed by atoms with Gasteiger partial charge in [0.25, 0.3) is 11.8 Å². The summed E-state index contributed by atoms with van der Waals surface area (Å²) in [7, 11) is 1.51. The molecule has 1 aromatic rings. The summed E-state index contributed by atoms with van der Waals surface area (Å²) in [6, 6.07) is 9.19. The number of benzene rings is 1. The number of hydrogen-bond acceptors (Lipinski definition) is 14. The Morgan fingerprint density at radius 1 is 0.667 bits per heavy atom. The summed E-state index contributed by atoms with van der Waals surface area (Å²) in [5.41, 5.74) is 1.92. The van der Waals surface area contributed by atoms with E-state index in [-0.39, 0.29) is 76.1 Å². The zero-order chi connectivity index (χ0) is 46.9. The van der Waals surface area contributed by atoms with Crippen LogP contribution in [0.1, 0.15) is 129 Å². The highest BCUT2D eigenvalue weighted by Crippen LogP contribution is 2.26. The van der Waals surface area contributed by atoms with Gasteiger partial charge in [-0.05, 0) is 82.6 Å². The van der Waals surface area contributed by atoms with E-state index in [2.05, 4.69) is 12.2 Å². The number of allylic oxidation sites excluding steroid dienone is 1. The number of aliphatic hydroxyl groups is 10. The van der Waals surface area contributed by atoms with Gasteiger partial charge in [-0.2, -0.15) is 0 Å². The van der Waals surface area contributed by atoms with Crippen molar-refractivity contribution in [2.75, 3.05) is 13.7 Å². The molecule has 2 rings (SSSR count). The predicted molar refractivity (Wildman–Crippen MR) is 236 cm³/mol. The Morgan fingerprint density at radius 2 is 1.10 bits per heavy atom. The van der Waals surface area contributed by atoms with Crippen LogP contribution in [0.25, 0.3) is 0 Å². The summed E-state index contributed by atoms with van der Waals surface area (Å²) in [5, 5.41) is 105. The van der Waals surface area contributed by atoms with Crippen molar-refractivity contribution >= 4 is 18.2 Å². The number of imide groups is 1. The molecule has 0 aliphatic carbocycles. The number of nitrogens with zero attached hydrogens (tertiary/aromatic N) is 1. The molecule has 1 aromatic carbocycles. The van der Waals surface area contributed by atoms with Gasteiger partial charge < -0.3 is 61.1 Å². The molecule has 11 N–H and O–H groups in total. The highest BCUT2D eigenvalue weighted by molar-refractivity contribution is 6.08. The van der Waals surface area contributed by atoms with E-state index in [1.807, 2.05) is 37.3 Å². The van der Waals surface area contributed by atoms with Gasteiger partial charge in [0.15, 0.2) is 0 Å². The molecule has 0 radical (unpaired) electrons. The lowest BCUT2D eigenvalue weighted by Gasteiger charge is -2.24. The number of carbonyl (C=O) groups is 3. The minimum absolute atomic E-state index is 0.0503. The first-order chi connectivity index (χ1) is 29.9. The second-order valence-corrected chi connectivity index (χ2v) is 17.8. The molecule has 1 heterocycles. The number of rotatable bonds is 35. The van der Waals surface area contributed by atoms with Crippen molar-refractivity contribution in [3.63, 3.8) is 0 Å². The Morgan fingerprint density at radius 3 is 1.56 bits per heavy atom. The number of unbranched alkanes of at least 4 members (excludes halogenated alkanes) is 4. The second-order valence-electron chi connectivity index (χ2n) is 17.8. The maximum atomic E-state index is 13.3. The second kappa shape index (κ2) is 30.8. The summed E-state index contributed by atoms with van der Waals surface area (Å²) >= 11 is 0. The summed E-state index contributed by atoms with van der Waals surface area (Å²) in [5.74, 6) is 0.114. The molecular weight excluding hydrogens is 817 g/mol. The molecule has 3 amide bonds. The van der Waals surface area contributed by atoms with E-state index >= 15 is 0 Å². The molecule has 0 saturated heterocycles. The van der Waals surface area contributed by atoms with Gasteiger partial charge in [0.2, 0.25) is 6.41 Å². The Hall–Kier alpha value is -3.29. The van der Waals surface area contributed by atoms with E-state index in [1.165, 1.54) is 18.1 Å². The SMILES string of the molecule is COC1=CC(=O)N(C(=O)/C=C(/C)C[C@H](C)CCCCCCC[C@H](O)C[C@@H](O)C[C@@H](O)C[C@@H](O)C[C@@H](O)C[C@@H](O)C[C@@H](O)C[C@@H](O)C[C@@H](O)C[C@H](O)CNC=O)[C@H]1Cc1ccccc1. The quantitative estimate of drug-likeness (QED) is 0.0265. The minimum Gasteiger partial charge on any atom is -0.499 e. The van der Waals surface area contributed by atoms with Crippen LogP contribution >= 0.6 is 0 Å². The minimum atomic E-state index is -1.16. The summed E-state index contributed by atoms with van der Waals surface area (Å²) in [4.78, 5) is 37.6. The Labute approximate surface area is 373 Å². The van der Waals surface area contributed by atoms with Crippen LogP contribution < -0.4 is 5.32 Å². The molecule has 0 bridgehead atoms.